The molecule has 4 rings (SSSR count). The number of thioether (sulfide) groups is 1. The molecule has 4 nitrogen and oxygen atoms in total. The van der Waals surface area contributed by atoms with E-state index in [0.717, 1.165) is 32.8 Å². The highest BCUT2D eigenvalue weighted by molar-refractivity contribution is 8.00. The third-order valence-corrected chi connectivity index (χ3v) is 7.10. The molecule has 0 saturated heterocycles. The van der Waals surface area contributed by atoms with Gasteiger partial charge in [-0.05, 0) is 41.1 Å². The van der Waals surface area contributed by atoms with Gasteiger partial charge in [-0.15, -0.1) is 11.3 Å². The van der Waals surface area contributed by atoms with Gasteiger partial charge in [0, 0.05) is 18.4 Å². The summed E-state index contributed by atoms with van der Waals surface area (Å²) >= 11 is 2.89. The van der Waals surface area contributed by atoms with Gasteiger partial charge in [0.1, 0.15) is 22.7 Å². The Balaban J connectivity index is 1.59. The first-order valence-corrected chi connectivity index (χ1v) is 12.7. The van der Waals surface area contributed by atoms with Gasteiger partial charge in [0.05, 0.1) is 21.9 Å². The fourth-order valence-corrected chi connectivity index (χ4v) is 5.24. The molecule has 2 heterocycles. The van der Waals surface area contributed by atoms with Crippen molar-refractivity contribution in [3.63, 3.8) is 0 Å². The molecule has 0 atom stereocenters. The number of hydrogen-bond donors (Lipinski definition) is 0. The molecule has 0 unspecified atom stereocenters. The Labute approximate surface area is 207 Å². The van der Waals surface area contributed by atoms with E-state index in [1.165, 1.54) is 11.8 Å². The fourth-order valence-electron chi connectivity index (χ4n) is 3.69. The van der Waals surface area contributed by atoms with E-state index in [9.17, 15) is 14.9 Å². The second-order valence-electron chi connectivity index (χ2n) is 7.89. The molecule has 0 N–H and O–H groups in total. The number of carbonyl (C=O) groups excluding carboxylic acids is 2. The van der Waals surface area contributed by atoms with Crippen LogP contribution >= 0.6 is 23.1 Å². The van der Waals surface area contributed by atoms with Crippen molar-refractivity contribution in [2.45, 2.75) is 24.8 Å². The maximum absolute atomic E-state index is 12.8. The molecule has 168 valence electrons. The highest BCUT2D eigenvalue weighted by Gasteiger charge is 2.17. The minimum atomic E-state index is 0.0402. The first kappa shape index (κ1) is 23.6. The number of thiophene rings is 1. The highest BCUT2D eigenvalue weighted by Crippen LogP contribution is 2.35. The maximum Gasteiger partial charge on any atom is 0.147 e. The zero-order valence-electron chi connectivity index (χ0n) is 18.7. The van der Waals surface area contributed by atoms with Crippen molar-refractivity contribution in [1.82, 2.24) is 4.98 Å². The van der Waals surface area contributed by atoms with Crippen LogP contribution in [0.5, 0.6) is 0 Å². The average molecular weight is 483 g/mol. The molecule has 0 aliphatic heterocycles. The van der Waals surface area contributed by atoms with Crippen LogP contribution in [0.25, 0.3) is 21.7 Å². The van der Waals surface area contributed by atoms with E-state index < -0.39 is 0 Å². The lowest BCUT2D eigenvalue weighted by Gasteiger charge is -2.12. The Kier molecular flexibility index (Phi) is 7.69. The number of ketones is 2. The Morgan fingerprint density at radius 3 is 2.41 bits per heavy atom. The second-order valence-corrected chi connectivity index (χ2v) is 9.80. The molecular weight excluding hydrogens is 460 g/mol. The molecule has 2 aromatic carbocycles. The minimum Gasteiger partial charge on any atom is -0.300 e. The van der Waals surface area contributed by atoms with E-state index in [2.05, 4.69) is 6.07 Å². The predicted molar refractivity (Wildman–Crippen MR) is 138 cm³/mol. The normalized spacial score (nSPS) is 10.6. The number of hydrogen-bond acceptors (Lipinski definition) is 6. The van der Waals surface area contributed by atoms with Crippen LogP contribution in [0, 0.1) is 11.3 Å². The first-order valence-electron chi connectivity index (χ1n) is 10.8. The molecule has 4 aromatic rings. The molecule has 0 saturated carbocycles. The molecule has 0 spiro atoms. The summed E-state index contributed by atoms with van der Waals surface area (Å²) in [5, 5.41) is 12.5. The summed E-state index contributed by atoms with van der Waals surface area (Å²) < 4.78 is 0. The van der Waals surface area contributed by atoms with Crippen LogP contribution in [0.1, 0.15) is 23.6 Å². The summed E-state index contributed by atoms with van der Waals surface area (Å²) in [4.78, 5) is 30.0. The lowest BCUT2D eigenvalue weighted by molar-refractivity contribution is -0.117. The third kappa shape index (κ3) is 5.88. The van der Waals surface area contributed by atoms with Crippen LogP contribution in [0.2, 0.25) is 0 Å². The quantitative estimate of drug-likeness (QED) is 0.259. The molecule has 0 bridgehead atoms. The largest absolute Gasteiger partial charge is 0.300 e. The number of rotatable bonds is 9. The van der Waals surface area contributed by atoms with Gasteiger partial charge in [-0.1, -0.05) is 72.4 Å². The Bertz CT molecular complexity index is 1360. The fraction of sp³-hybridized carbons (Fsp3) is 0.143. The van der Waals surface area contributed by atoms with Crippen LogP contribution < -0.4 is 0 Å². The summed E-state index contributed by atoms with van der Waals surface area (Å²) in [7, 11) is 0. The molecule has 0 aliphatic rings. The van der Waals surface area contributed by atoms with E-state index in [-0.39, 0.29) is 23.7 Å². The van der Waals surface area contributed by atoms with Gasteiger partial charge in [0.2, 0.25) is 0 Å². The Morgan fingerprint density at radius 1 is 0.971 bits per heavy atom. The molecule has 0 fully saturated rings. The molecule has 34 heavy (non-hydrogen) atoms. The van der Waals surface area contributed by atoms with E-state index >= 15 is 0 Å². The van der Waals surface area contributed by atoms with Crippen molar-refractivity contribution < 1.29 is 9.59 Å². The number of carbonyl (C=O) groups is 2. The third-order valence-electron chi connectivity index (χ3n) is 5.17. The van der Waals surface area contributed by atoms with Crippen molar-refractivity contribution in [2.24, 2.45) is 0 Å². The number of benzene rings is 2. The zero-order chi connectivity index (χ0) is 23.9. The van der Waals surface area contributed by atoms with Crippen molar-refractivity contribution in [3.05, 3.63) is 94.9 Å². The predicted octanol–water partition coefficient (Wildman–Crippen LogP) is 6.38. The Morgan fingerprint density at radius 2 is 1.74 bits per heavy atom. The topological polar surface area (TPSA) is 70.8 Å². The lowest BCUT2D eigenvalue weighted by atomic mass is 10.0. The number of nitrogens with zero attached hydrogens (tertiary/aromatic N) is 2. The SMILES string of the molecule is CC(=O)Cc1cccc(CC(=O)CSc2nc(-c3cccs3)cc(-c3ccccc3)c2C#N)c1. The molecule has 0 aliphatic carbocycles. The number of aromatic nitrogens is 1. The molecule has 2 aromatic heterocycles. The van der Waals surface area contributed by atoms with Gasteiger partial charge in [0.15, 0.2) is 0 Å². The van der Waals surface area contributed by atoms with Crippen LogP contribution in [0.15, 0.2) is 83.2 Å². The molecule has 0 amide bonds. The van der Waals surface area contributed by atoms with Gasteiger partial charge in [-0.2, -0.15) is 5.26 Å². The number of Topliss-reactive ketones (excluding diaryl/α,β-unsaturated/α-hetero) is 2. The van der Waals surface area contributed by atoms with E-state index in [4.69, 9.17) is 4.98 Å². The molecule has 6 heteroatoms. The van der Waals surface area contributed by atoms with E-state index in [1.54, 1.807) is 18.3 Å². The van der Waals surface area contributed by atoms with Gasteiger partial charge >= 0.3 is 0 Å². The van der Waals surface area contributed by atoms with Crippen molar-refractivity contribution in [3.8, 4) is 27.8 Å². The van der Waals surface area contributed by atoms with Crippen LogP contribution in [-0.2, 0) is 22.4 Å². The van der Waals surface area contributed by atoms with Crippen molar-refractivity contribution >= 4 is 34.7 Å². The molecular formula is C28H22N2O2S2. The number of nitriles is 1. The van der Waals surface area contributed by atoms with E-state index in [0.29, 0.717) is 17.0 Å². The maximum atomic E-state index is 12.8. The minimum absolute atomic E-state index is 0.0402. The number of pyridine rings is 1. The van der Waals surface area contributed by atoms with E-state index in [1.807, 2.05) is 78.2 Å². The first-order chi connectivity index (χ1) is 16.5. The summed E-state index contributed by atoms with van der Waals surface area (Å²) in [6.45, 7) is 1.56. The van der Waals surface area contributed by atoms with Gasteiger partial charge in [-0.3, -0.25) is 9.59 Å². The second kappa shape index (κ2) is 11.1. The zero-order valence-corrected chi connectivity index (χ0v) is 20.3. The average Bonchev–Trinajstić information content (AvgIpc) is 3.37. The highest BCUT2D eigenvalue weighted by atomic mass is 32.2. The van der Waals surface area contributed by atoms with Crippen LogP contribution in [-0.4, -0.2) is 22.3 Å². The van der Waals surface area contributed by atoms with Crippen molar-refractivity contribution in [1.29, 1.82) is 5.26 Å². The van der Waals surface area contributed by atoms with Gasteiger partial charge in [-0.25, -0.2) is 4.98 Å². The smallest absolute Gasteiger partial charge is 0.147 e. The lowest BCUT2D eigenvalue weighted by Crippen LogP contribution is -2.07. The van der Waals surface area contributed by atoms with Crippen LogP contribution in [0.3, 0.4) is 0 Å². The summed E-state index contributed by atoms with van der Waals surface area (Å²) in [5.74, 6) is 0.341. The summed E-state index contributed by atoms with van der Waals surface area (Å²) in [6.07, 6.45) is 0.640. The Hall–Kier alpha value is -3.53. The van der Waals surface area contributed by atoms with Crippen molar-refractivity contribution in [2.75, 3.05) is 5.75 Å². The van der Waals surface area contributed by atoms with Gasteiger partial charge < -0.3 is 0 Å². The van der Waals surface area contributed by atoms with Crippen LogP contribution in [0.4, 0.5) is 0 Å². The van der Waals surface area contributed by atoms with Gasteiger partial charge in [0.25, 0.3) is 0 Å². The standard InChI is InChI=1S/C28H22N2O2S2/c1-19(31)13-20-7-5-8-21(14-20)15-23(32)18-34-28-25(17-29)24(22-9-3-2-4-10-22)16-26(30-28)27-11-6-12-33-27/h2-12,14,16H,13,15,18H2,1H3. The molecule has 0 radical (unpaired) electrons. The monoisotopic (exact) mass is 482 g/mol. The summed E-state index contributed by atoms with van der Waals surface area (Å²) in [5.41, 5.74) is 4.82. The summed E-state index contributed by atoms with van der Waals surface area (Å²) in [6, 6.07) is 25.6.